The van der Waals surface area contributed by atoms with Crippen molar-refractivity contribution in [2.75, 3.05) is 5.32 Å². The van der Waals surface area contributed by atoms with Gasteiger partial charge in [-0.3, -0.25) is 10.1 Å². The summed E-state index contributed by atoms with van der Waals surface area (Å²) in [6.07, 6.45) is 4.40. The third-order valence-electron chi connectivity index (χ3n) is 2.36. The van der Waals surface area contributed by atoms with E-state index in [1.165, 1.54) is 12.3 Å². The van der Waals surface area contributed by atoms with Gasteiger partial charge in [0.2, 0.25) is 5.91 Å². The summed E-state index contributed by atoms with van der Waals surface area (Å²) in [5.74, 6) is 0.220. The van der Waals surface area contributed by atoms with Crippen LogP contribution >= 0.6 is 39.7 Å². The Bertz CT molecular complexity index is 686. The van der Waals surface area contributed by atoms with Gasteiger partial charge in [-0.1, -0.05) is 27.5 Å². The zero-order valence-corrected chi connectivity index (χ0v) is 13.8. The molecule has 108 valence electrons. The van der Waals surface area contributed by atoms with Crippen molar-refractivity contribution in [3.63, 3.8) is 0 Å². The summed E-state index contributed by atoms with van der Waals surface area (Å²) in [6, 6.07) is 8.77. The first kappa shape index (κ1) is 15.8. The smallest absolute Gasteiger partial charge is 0.250 e. The van der Waals surface area contributed by atoms with Crippen molar-refractivity contribution in [3.8, 4) is 0 Å². The van der Waals surface area contributed by atoms with Crippen LogP contribution in [0.3, 0.4) is 0 Å². The molecule has 21 heavy (non-hydrogen) atoms. The zero-order valence-electron chi connectivity index (χ0n) is 10.6. The number of thiocarbonyl (C=S) groups is 1. The molecule has 0 aliphatic carbocycles. The molecule has 0 bridgehead atoms. The van der Waals surface area contributed by atoms with Gasteiger partial charge in [0.1, 0.15) is 5.76 Å². The number of rotatable bonds is 3. The number of benzene rings is 1. The second-order valence-corrected chi connectivity index (χ2v) is 5.65. The van der Waals surface area contributed by atoms with Crippen LogP contribution in [0.1, 0.15) is 5.76 Å². The monoisotopic (exact) mass is 384 g/mol. The van der Waals surface area contributed by atoms with Crippen LogP contribution in [-0.4, -0.2) is 11.0 Å². The molecule has 0 saturated heterocycles. The van der Waals surface area contributed by atoms with Crippen LogP contribution < -0.4 is 10.6 Å². The average molecular weight is 386 g/mol. The molecular weight excluding hydrogens is 376 g/mol. The molecule has 2 N–H and O–H groups in total. The number of hydrogen-bond acceptors (Lipinski definition) is 3. The lowest BCUT2D eigenvalue weighted by Gasteiger charge is -2.09. The highest BCUT2D eigenvalue weighted by molar-refractivity contribution is 9.10. The Morgan fingerprint density at radius 1 is 1.38 bits per heavy atom. The van der Waals surface area contributed by atoms with Gasteiger partial charge in [-0.25, -0.2) is 0 Å². The van der Waals surface area contributed by atoms with Gasteiger partial charge in [-0.05, 0) is 48.6 Å². The molecule has 1 amide bonds. The van der Waals surface area contributed by atoms with Crippen molar-refractivity contribution < 1.29 is 9.21 Å². The van der Waals surface area contributed by atoms with Crippen molar-refractivity contribution in [1.82, 2.24) is 5.32 Å². The molecular formula is C14H10BrClN2O2S. The number of furan rings is 1. The molecule has 0 atom stereocenters. The minimum Gasteiger partial charge on any atom is -0.465 e. The van der Waals surface area contributed by atoms with E-state index in [1.807, 2.05) is 6.07 Å². The standard InChI is InChI=1S/C14H10BrClN2O2S/c15-9-3-5-12(11(16)8-9)17-14(21)18-13(19)6-4-10-2-1-7-20-10/h1-8H,(H2,17,18,19,21)/b6-4+. The second kappa shape index (κ2) is 7.40. The highest BCUT2D eigenvalue weighted by atomic mass is 79.9. The van der Waals surface area contributed by atoms with Crippen molar-refractivity contribution in [1.29, 1.82) is 0 Å². The molecule has 0 aliphatic rings. The number of amides is 1. The number of anilines is 1. The van der Waals surface area contributed by atoms with Crippen LogP contribution in [0.2, 0.25) is 5.02 Å². The molecule has 0 fully saturated rings. The van der Waals surface area contributed by atoms with E-state index in [1.54, 1.807) is 30.3 Å². The Hall–Kier alpha value is -1.63. The molecule has 2 rings (SSSR count). The fraction of sp³-hybridized carbons (Fsp3) is 0. The van der Waals surface area contributed by atoms with E-state index in [9.17, 15) is 4.79 Å². The van der Waals surface area contributed by atoms with Gasteiger partial charge < -0.3 is 9.73 Å². The number of carbonyl (C=O) groups excluding carboxylic acids is 1. The Labute approximate surface area is 140 Å². The van der Waals surface area contributed by atoms with E-state index in [0.717, 1.165) is 4.47 Å². The van der Waals surface area contributed by atoms with E-state index >= 15 is 0 Å². The molecule has 0 aliphatic heterocycles. The first-order valence-electron chi connectivity index (χ1n) is 5.83. The topological polar surface area (TPSA) is 54.3 Å². The van der Waals surface area contributed by atoms with E-state index in [-0.39, 0.29) is 11.0 Å². The predicted octanol–water partition coefficient (Wildman–Crippen LogP) is 4.22. The summed E-state index contributed by atoms with van der Waals surface area (Å²) in [4.78, 5) is 11.7. The van der Waals surface area contributed by atoms with Crippen LogP contribution in [0.15, 0.2) is 51.6 Å². The minimum absolute atomic E-state index is 0.160. The molecule has 0 unspecified atom stereocenters. The lowest BCUT2D eigenvalue weighted by atomic mass is 10.3. The first-order chi connectivity index (χ1) is 10.0. The highest BCUT2D eigenvalue weighted by Gasteiger charge is 2.05. The number of carbonyl (C=O) groups is 1. The van der Waals surface area contributed by atoms with E-state index in [0.29, 0.717) is 16.5 Å². The first-order valence-corrected chi connectivity index (χ1v) is 7.41. The Kier molecular flexibility index (Phi) is 5.55. The molecule has 4 nitrogen and oxygen atoms in total. The van der Waals surface area contributed by atoms with Crippen LogP contribution in [0.25, 0.3) is 6.08 Å². The number of hydrogen-bond donors (Lipinski definition) is 2. The summed E-state index contributed by atoms with van der Waals surface area (Å²) in [5.41, 5.74) is 0.611. The Balaban J connectivity index is 1.90. The fourth-order valence-electron chi connectivity index (χ4n) is 1.44. The van der Waals surface area contributed by atoms with Crippen molar-refractivity contribution in [3.05, 3.63) is 57.9 Å². The summed E-state index contributed by atoms with van der Waals surface area (Å²) in [7, 11) is 0. The number of halogens is 2. The average Bonchev–Trinajstić information content (AvgIpc) is 2.93. The van der Waals surface area contributed by atoms with Crippen molar-refractivity contribution >= 4 is 62.5 Å². The summed E-state index contributed by atoms with van der Waals surface area (Å²) in [5, 5.41) is 6.02. The number of nitrogens with one attached hydrogen (secondary N) is 2. The summed E-state index contributed by atoms with van der Waals surface area (Å²) < 4.78 is 5.93. The van der Waals surface area contributed by atoms with Gasteiger partial charge in [-0.2, -0.15) is 0 Å². The maximum absolute atomic E-state index is 11.7. The quantitative estimate of drug-likeness (QED) is 0.613. The van der Waals surface area contributed by atoms with Crippen molar-refractivity contribution in [2.45, 2.75) is 0 Å². The zero-order chi connectivity index (χ0) is 15.2. The Morgan fingerprint density at radius 3 is 2.86 bits per heavy atom. The maximum atomic E-state index is 11.7. The SMILES string of the molecule is O=C(/C=C/c1ccco1)NC(=S)Nc1ccc(Br)cc1Cl. The van der Waals surface area contributed by atoms with Crippen molar-refractivity contribution in [2.24, 2.45) is 0 Å². The molecule has 1 heterocycles. The van der Waals surface area contributed by atoms with Crippen LogP contribution in [0, 0.1) is 0 Å². The van der Waals surface area contributed by atoms with E-state index < -0.39 is 0 Å². The normalized spacial score (nSPS) is 10.6. The van der Waals surface area contributed by atoms with E-state index in [2.05, 4.69) is 26.6 Å². The Morgan fingerprint density at radius 2 is 2.19 bits per heavy atom. The molecule has 0 spiro atoms. The van der Waals surface area contributed by atoms with Gasteiger partial charge >= 0.3 is 0 Å². The molecule has 1 aromatic carbocycles. The summed E-state index contributed by atoms with van der Waals surface area (Å²) >= 11 is 14.4. The third-order valence-corrected chi connectivity index (χ3v) is 3.37. The molecule has 0 saturated carbocycles. The van der Waals surface area contributed by atoms with Gasteiger partial charge in [0, 0.05) is 10.5 Å². The van der Waals surface area contributed by atoms with Gasteiger partial charge in [-0.15, -0.1) is 0 Å². The maximum Gasteiger partial charge on any atom is 0.250 e. The predicted molar refractivity (Wildman–Crippen MR) is 91.3 cm³/mol. The van der Waals surface area contributed by atoms with Gasteiger partial charge in [0.15, 0.2) is 5.11 Å². The lowest BCUT2D eigenvalue weighted by Crippen LogP contribution is -2.32. The molecule has 1 aromatic heterocycles. The van der Waals surface area contributed by atoms with Crippen LogP contribution in [-0.2, 0) is 4.79 Å². The minimum atomic E-state index is -0.364. The van der Waals surface area contributed by atoms with E-state index in [4.69, 9.17) is 28.2 Å². The van der Waals surface area contributed by atoms with Crippen LogP contribution in [0.5, 0.6) is 0 Å². The fourth-order valence-corrected chi connectivity index (χ4v) is 2.37. The van der Waals surface area contributed by atoms with Gasteiger partial charge in [0.25, 0.3) is 0 Å². The van der Waals surface area contributed by atoms with Gasteiger partial charge in [0.05, 0.1) is 17.0 Å². The molecule has 2 aromatic rings. The molecule has 7 heteroatoms. The molecule has 0 radical (unpaired) electrons. The highest BCUT2D eigenvalue weighted by Crippen LogP contribution is 2.25. The lowest BCUT2D eigenvalue weighted by molar-refractivity contribution is -0.115. The third kappa shape index (κ3) is 5.00. The van der Waals surface area contributed by atoms with Crippen LogP contribution in [0.4, 0.5) is 5.69 Å². The summed E-state index contributed by atoms with van der Waals surface area (Å²) in [6.45, 7) is 0. The second-order valence-electron chi connectivity index (χ2n) is 3.92. The largest absolute Gasteiger partial charge is 0.465 e.